The third-order valence-electron chi connectivity index (χ3n) is 4.01. The number of rotatable bonds is 8. The Hall–Kier alpha value is -1.31. The molecule has 0 bridgehead atoms. The zero-order valence-electron chi connectivity index (χ0n) is 15.4. The molecule has 8 heteroatoms. The Kier molecular flexibility index (Phi) is 7.32. The van der Waals surface area contributed by atoms with Gasteiger partial charge in [-0.2, -0.15) is 8.42 Å². The molecule has 6 nitrogen and oxygen atoms in total. The van der Waals surface area contributed by atoms with Gasteiger partial charge in [-0.1, -0.05) is 25.4 Å². The fourth-order valence-corrected chi connectivity index (χ4v) is 3.57. The molecule has 2 rings (SSSR count). The van der Waals surface area contributed by atoms with Gasteiger partial charge in [0.1, 0.15) is 5.75 Å². The fourth-order valence-electron chi connectivity index (χ4n) is 2.89. The van der Waals surface area contributed by atoms with Crippen LogP contribution in [0.5, 0.6) is 5.75 Å². The highest BCUT2D eigenvalue weighted by Crippen LogP contribution is 2.27. The highest BCUT2D eigenvalue weighted by atomic mass is 35.5. The largest absolute Gasteiger partial charge is 0.382 e. The standard InChI is InChI=1S/C18H26ClNO5S/c1-13(2)9-18(21)20(12-16-5-4-8-24-16)11-14-10-15(19)6-7-17(14)25-26(3,22)23/h6-7,10,13,16H,4-5,8-9,11-12H2,1-3H3/t16-/m0/s1. The Morgan fingerprint density at radius 2 is 2.15 bits per heavy atom. The molecule has 1 aliphatic heterocycles. The van der Waals surface area contributed by atoms with Crippen LogP contribution in [0.4, 0.5) is 0 Å². The summed E-state index contributed by atoms with van der Waals surface area (Å²) in [6.45, 7) is 5.36. The van der Waals surface area contributed by atoms with Gasteiger partial charge in [-0.3, -0.25) is 4.79 Å². The first-order valence-corrected chi connectivity index (χ1v) is 10.9. The summed E-state index contributed by atoms with van der Waals surface area (Å²) in [5.41, 5.74) is 0.554. The highest BCUT2D eigenvalue weighted by molar-refractivity contribution is 7.86. The number of hydrogen-bond donors (Lipinski definition) is 0. The van der Waals surface area contributed by atoms with E-state index in [2.05, 4.69) is 0 Å². The number of nitrogens with zero attached hydrogens (tertiary/aromatic N) is 1. The van der Waals surface area contributed by atoms with E-state index in [4.69, 9.17) is 20.5 Å². The number of amides is 1. The third-order valence-corrected chi connectivity index (χ3v) is 4.73. The molecule has 1 saturated heterocycles. The van der Waals surface area contributed by atoms with Crippen LogP contribution < -0.4 is 4.18 Å². The van der Waals surface area contributed by atoms with Crippen molar-refractivity contribution in [3.05, 3.63) is 28.8 Å². The third kappa shape index (κ3) is 6.78. The van der Waals surface area contributed by atoms with E-state index < -0.39 is 10.1 Å². The molecule has 1 amide bonds. The van der Waals surface area contributed by atoms with Gasteiger partial charge in [0, 0.05) is 36.7 Å². The smallest absolute Gasteiger partial charge is 0.306 e. The van der Waals surface area contributed by atoms with Crippen LogP contribution in [0.25, 0.3) is 0 Å². The molecular formula is C18H26ClNO5S. The molecule has 0 aliphatic carbocycles. The quantitative estimate of drug-likeness (QED) is 0.623. The maximum absolute atomic E-state index is 12.7. The molecule has 26 heavy (non-hydrogen) atoms. The van der Waals surface area contributed by atoms with Crippen molar-refractivity contribution in [1.82, 2.24) is 4.90 Å². The van der Waals surface area contributed by atoms with Crippen molar-refractivity contribution in [2.75, 3.05) is 19.4 Å². The van der Waals surface area contributed by atoms with Gasteiger partial charge < -0.3 is 13.8 Å². The maximum atomic E-state index is 12.7. The summed E-state index contributed by atoms with van der Waals surface area (Å²) in [5, 5.41) is 0.453. The number of carbonyl (C=O) groups is 1. The Morgan fingerprint density at radius 1 is 1.42 bits per heavy atom. The fraction of sp³-hybridized carbons (Fsp3) is 0.611. The van der Waals surface area contributed by atoms with Crippen LogP contribution in [0.3, 0.4) is 0 Å². The molecule has 1 aromatic rings. The normalized spacial score (nSPS) is 17.5. The Labute approximate surface area is 160 Å². The van der Waals surface area contributed by atoms with Gasteiger partial charge in [-0.05, 0) is 37.0 Å². The van der Waals surface area contributed by atoms with Gasteiger partial charge in [-0.25, -0.2) is 0 Å². The Morgan fingerprint density at radius 3 is 2.73 bits per heavy atom. The lowest BCUT2D eigenvalue weighted by atomic mass is 10.1. The first-order chi connectivity index (χ1) is 12.1. The molecule has 0 spiro atoms. The van der Waals surface area contributed by atoms with E-state index in [9.17, 15) is 13.2 Å². The van der Waals surface area contributed by atoms with Crippen molar-refractivity contribution in [3.63, 3.8) is 0 Å². The molecule has 0 aromatic heterocycles. The zero-order chi connectivity index (χ0) is 19.3. The lowest BCUT2D eigenvalue weighted by molar-refractivity contribution is -0.134. The Bertz CT molecular complexity index is 729. The maximum Gasteiger partial charge on any atom is 0.306 e. The Balaban J connectivity index is 2.25. The number of halogens is 1. The van der Waals surface area contributed by atoms with Crippen molar-refractivity contribution in [2.45, 2.75) is 45.8 Å². The van der Waals surface area contributed by atoms with E-state index in [0.717, 1.165) is 19.1 Å². The van der Waals surface area contributed by atoms with E-state index in [1.54, 1.807) is 17.0 Å². The van der Waals surface area contributed by atoms with Crippen LogP contribution in [0.15, 0.2) is 18.2 Å². The van der Waals surface area contributed by atoms with E-state index in [1.165, 1.54) is 6.07 Å². The summed E-state index contributed by atoms with van der Waals surface area (Å²) in [6.07, 6.45) is 3.30. The van der Waals surface area contributed by atoms with Gasteiger partial charge in [-0.15, -0.1) is 0 Å². The molecule has 1 heterocycles. The van der Waals surface area contributed by atoms with Crippen molar-refractivity contribution >= 4 is 27.6 Å². The molecule has 0 N–H and O–H groups in total. The van der Waals surface area contributed by atoms with Crippen LogP contribution in [0.1, 0.15) is 38.7 Å². The predicted molar refractivity (Wildman–Crippen MR) is 101 cm³/mol. The second kappa shape index (κ2) is 9.06. The van der Waals surface area contributed by atoms with E-state index in [0.29, 0.717) is 30.2 Å². The molecule has 1 aromatic carbocycles. The minimum atomic E-state index is -3.68. The van der Waals surface area contributed by atoms with E-state index >= 15 is 0 Å². The SMILES string of the molecule is CC(C)CC(=O)N(Cc1cc(Cl)ccc1OS(C)(=O)=O)C[C@@H]1CCCO1. The minimum absolute atomic E-state index is 0.000723. The van der Waals surface area contributed by atoms with E-state index in [1.807, 2.05) is 13.8 Å². The summed E-state index contributed by atoms with van der Waals surface area (Å²) >= 11 is 6.07. The number of benzene rings is 1. The average Bonchev–Trinajstić information content (AvgIpc) is 3.00. The van der Waals surface area contributed by atoms with Crippen LogP contribution >= 0.6 is 11.6 Å². The van der Waals surface area contributed by atoms with Crippen LogP contribution in [0, 0.1) is 5.92 Å². The number of hydrogen-bond acceptors (Lipinski definition) is 5. The van der Waals surface area contributed by atoms with Gasteiger partial charge in [0.2, 0.25) is 5.91 Å². The molecule has 0 saturated carbocycles. The van der Waals surface area contributed by atoms with Crippen LogP contribution in [0.2, 0.25) is 5.02 Å². The summed E-state index contributed by atoms with van der Waals surface area (Å²) in [4.78, 5) is 14.4. The second-order valence-corrected chi connectivity index (χ2v) is 9.06. The lowest BCUT2D eigenvalue weighted by Crippen LogP contribution is -2.37. The summed E-state index contributed by atoms with van der Waals surface area (Å²) in [7, 11) is -3.68. The van der Waals surface area contributed by atoms with Crippen molar-refractivity contribution in [2.24, 2.45) is 5.92 Å². The van der Waals surface area contributed by atoms with Gasteiger partial charge in [0.25, 0.3) is 0 Å². The topological polar surface area (TPSA) is 72.9 Å². The second-order valence-electron chi connectivity index (χ2n) is 7.05. The predicted octanol–water partition coefficient (Wildman–Crippen LogP) is 3.23. The highest BCUT2D eigenvalue weighted by Gasteiger charge is 2.24. The van der Waals surface area contributed by atoms with Crippen LogP contribution in [-0.2, 0) is 26.2 Å². The number of carbonyl (C=O) groups excluding carboxylic acids is 1. The van der Waals surface area contributed by atoms with Crippen molar-refractivity contribution in [1.29, 1.82) is 0 Å². The lowest BCUT2D eigenvalue weighted by Gasteiger charge is -2.27. The monoisotopic (exact) mass is 403 g/mol. The molecule has 1 aliphatic rings. The average molecular weight is 404 g/mol. The zero-order valence-corrected chi connectivity index (χ0v) is 17.0. The molecule has 1 atom stereocenters. The number of ether oxygens (including phenoxy) is 1. The van der Waals surface area contributed by atoms with Crippen LogP contribution in [-0.4, -0.2) is 44.7 Å². The van der Waals surface area contributed by atoms with Crippen molar-refractivity contribution in [3.8, 4) is 5.75 Å². The van der Waals surface area contributed by atoms with Gasteiger partial charge in [0.05, 0.1) is 12.4 Å². The van der Waals surface area contributed by atoms with Gasteiger partial charge >= 0.3 is 10.1 Å². The summed E-state index contributed by atoms with van der Waals surface area (Å²) in [5.74, 6) is 0.410. The summed E-state index contributed by atoms with van der Waals surface area (Å²) < 4.78 is 33.8. The van der Waals surface area contributed by atoms with E-state index in [-0.39, 0.29) is 30.2 Å². The first kappa shape index (κ1) is 21.0. The first-order valence-electron chi connectivity index (χ1n) is 8.71. The molecular weight excluding hydrogens is 378 g/mol. The van der Waals surface area contributed by atoms with Gasteiger partial charge in [0.15, 0.2) is 0 Å². The molecule has 146 valence electrons. The molecule has 1 fully saturated rings. The molecule has 0 unspecified atom stereocenters. The minimum Gasteiger partial charge on any atom is -0.382 e. The van der Waals surface area contributed by atoms with Crippen molar-refractivity contribution < 1.29 is 22.1 Å². The summed E-state index contributed by atoms with van der Waals surface area (Å²) in [6, 6.07) is 4.70. The molecule has 0 radical (unpaired) electrons.